The molecule has 1 aliphatic rings. The summed E-state index contributed by atoms with van der Waals surface area (Å²) in [5.41, 5.74) is 2.42. The van der Waals surface area contributed by atoms with E-state index in [9.17, 15) is 0 Å². The first kappa shape index (κ1) is 8.82. The Balaban J connectivity index is 0.000000810. The molecule has 1 aliphatic heterocycles. The van der Waals surface area contributed by atoms with E-state index in [-0.39, 0.29) is 58.2 Å². The van der Waals surface area contributed by atoms with Crippen molar-refractivity contribution in [2.75, 3.05) is 20.1 Å². The number of nitrogens with zero attached hydrogens (tertiary/aromatic N) is 1. The summed E-state index contributed by atoms with van der Waals surface area (Å²) >= 11 is 0. The first-order valence-electron chi connectivity index (χ1n) is 3.53. The van der Waals surface area contributed by atoms with Crippen molar-refractivity contribution in [1.82, 2.24) is 4.90 Å². The summed E-state index contributed by atoms with van der Waals surface area (Å²) in [5, 5.41) is 0. The van der Waals surface area contributed by atoms with Gasteiger partial charge in [-0.05, 0) is 20.1 Å². The fourth-order valence-electron chi connectivity index (χ4n) is 1.06. The summed E-state index contributed by atoms with van der Waals surface area (Å²) in [7, 11) is 2.09. The second-order valence-electron chi connectivity index (χ2n) is 2.28. The molecule has 1 heterocycles. The number of likely N-dealkylation sites (tertiary alicyclic amines) is 1. The van der Waals surface area contributed by atoms with Gasteiger partial charge in [0.25, 0.3) is 0 Å². The van der Waals surface area contributed by atoms with E-state index in [4.69, 9.17) is 1.41 Å². The standard InChI is InChI=1S/C6H13N2.Rb/c1-8-4-2-3-6(8)5-7;/h3,6H,2,4-5,7H2,1H3;/q-1;+1/i/hT. The molecule has 9 heavy (non-hydrogen) atoms. The second-order valence-corrected chi connectivity index (χ2v) is 2.28. The molecular weight excluding hydrogens is 186 g/mol. The molecule has 0 radical (unpaired) electrons. The molecule has 48 valence electrons. The number of rotatable bonds is 2. The normalized spacial score (nSPS) is 29.4. The van der Waals surface area contributed by atoms with Gasteiger partial charge >= 0.3 is 58.2 Å². The van der Waals surface area contributed by atoms with Crippen LogP contribution in [0.4, 0.5) is 0 Å². The van der Waals surface area contributed by atoms with Crippen LogP contribution in [0.2, 0.25) is 1.41 Å². The van der Waals surface area contributed by atoms with Gasteiger partial charge in [-0.2, -0.15) is 6.42 Å². The first-order valence-corrected chi connectivity index (χ1v) is 3.03. The Kier molecular flexibility index (Phi) is 5.28. The SMILES string of the molecule is [3H]NCC1[CH-]CCN1C.[Rb+]. The molecule has 0 aromatic carbocycles. The van der Waals surface area contributed by atoms with Crippen molar-refractivity contribution in [3.05, 3.63) is 6.42 Å². The van der Waals surface area contributed by atoms with Gasteiger partial charge in [0.05, 0.1) is 0 Å². The molecule has 1 rings (SSSR count). The number of likely N-dealkylation sites (N-methyl/N-ethyl adjacent to an activating group) is 1. The minimum atomic E-state index is 0. The Morgan fingerprint density at radius 1 is 2.00 bits per heavy atom. The first-order chi connectivity index (χ1) is 4.34. The van der Waals surface area contributed by atoms with E-state index in [1.54, 1.807) is 0 Å². The van der Waals surface area contributed by atoms with Crippen molar-refractivity contribution >= 4 is 0 Å². The van der Waals surface area contributed by atoms with Crippen molar-refractivity contribution in [2.24, 2.45) is 5.73 Å². The van der Waals surface area contributed by atoms with Crippen molar-refractivity contribution in [3.63, 3.8) is 0 Å². The molecule has 0 bridgehead atoms. The summed E-state index contributed by atoms with van der Waals surface area (Å²) in [6.45, 7) is 1.91. The molecule has 3 heteroatoms. The topological polar surface area (TPSA) is 29.3 Å². The van der Waals surface area contributed by atoms with Gasteiger partial charge in [0, 0.05) is 0 Å². The van der Waals surface area contributed by atoms with Crippen LogP contribution in [0, 0.1) is 6.42 Å². The van der Waals surface area contributed by atoms with Gasteiger partial charge in [0.15, 0.2) is 0 Å². The Hall–Kier alpha value is 1.73. The molecule has 0 amide bonds. The summed E-state index contributed by atoms with van der Waals surface area (Å²) in [5.74, 6) is 0. The molecule has 1 saturated heterocycles. The molecule has 0 aromatic heterocycles. The van der Waals surface area contributed by atoms with E-state index in [1.807, 2.05) is 0 Å². The molecule has 0 spiro atoms. The van der Waals surface area contributed by atoms with Crippen LogP contribution in [0.5, 0.6) is 0 Å². The summed E-state index contributed by atoms with van der Waals surface area (Å²) < 4.78 is 6.76. The van der Waals surface area contributed by atoms with Crippen LogP contribution in [-0.2, 0) is 0 Å². The van der Waals surface area contributed by atoms with Gasteiger partial charge in [0.1, 0.15) is 1.41 Å². The predicted molar refractivity (Wildman–Crippen MR) is 34.4 cm³/mol. The minimum Gasteiger partial charge on any atom is -0.334 e. The molecule has 0 aromatic rings. The molecule has 0 saturated carbocycles. The fourth-order valence-corrected chi connectivity index (χ4v) is 1.06. The van der Waals surface area contributed by atoms with Gasteiger partial charge < -0.3 is 17.0 Å². The summed E-state index contributed by atoms with van der Waals surface area (Å²) in [4.78, 5) is 2.25. The third-order valence-electron chi connectivity index (χ3n) is 1.70. The average molecular weight is 201 g/mol. The molecule has 1 unspecified atom stereocenters. The Morgan fingerprint density at radius 2 is 2.78 bits per heavy atom. The van der Waals surface area contributed by atoms with Crippen molar-refractivity contribution < 1.29 is 59.6 Å². The molecule has 1 atom stereocenters. The Bertz CT molecular complexity index is 91.8. The maximum absolute atomic E-state index is 6.76. The van der Waals surface area contributed by atoms with E-state index < -0.39 is 0 Å². The van der Waals surface area contributed by atoms with E-state index in [2.05, 4.69) is 24.1 Å². The maximum Gasteiger partial charge on any atom is 1.00 e. The molecule has 1 fully saturated rings. The fraction of sp³-hybridized carbons (Fsp3) is 0.833. The second kappa shape index (κ2) is 5.39. The number of hydrogen-bond acceptors (Lipinski definition) is 2. The summed E-state index contributed by atoms with van der Waals surface area (Å²) in [6, 6.07) is 0.488. The van der Waals surface area contributed by atoms with Gasteiger partial charge in [-0.15, -0.1) is 6.04 Å². The molecular formula is C6H13N2Rb. The average Bonchev–Trinajstić information content (AvgIpc) is 2.18. The van der Waals surface area contributed by atoms with Crippen molar-refractivity contribution in [1.29, 1.82) is 0 Å². The van der Waals surface area contributed by atoms with Crippen LogP contribution in [0.3, 0.4) is 0 Å². The molecule has 0 aliphatic carbocycles. The van der Waals surface area contributed by atoms with Crippen LogP contribution < -0.4 is 63.9 Å². The monoisotopic (exact) mass is 200 g/mol. The third-order valence-corrected chi connectivity index (χ3v) is 1.70. The maximum atomic E-state index is 6.76. The Labute approximate surface area is 107 Å². The van der Waals surface area contributed by atoms with E-state index in [1.165, 1.54) is 6.42 Å². The van der Waals surface area contributed by atoms with E-state index in [0.29, 0.717) is 6.04 Å². The molecule has 2 N–H and O–H groups in total. The number of nitrogens with two attached hydrogens (primary N) is 1. The van der Waals surface area contributed by atoms with Crippen LogP contribution >= 0.6 is 0 Å². The van der Waals surface area contributed by atoms with Gasteiger partial charge in [-0.1, -0.05) is 0 Å². The zero-order chi connectivity index (χ0) is 6.69. The van der Waals surface area contributed by atoms with Gasteiger partial charge in [0.2, 0.25) is 0 Å². The largest absolute Gasteiger partial charge is 1.00 e. The third kappa shape index (κ3) is 3.08. The zero-order valence-electron chi connectivity index (χ0n) is 7.22. The van der Waals surface area contributed by atoms with Crippen LogP contribution in [0.25, 0.3) is 0 Å². The summed E-state index contributed by atoms with van der Waals surface area (Å²) in [6.07, 6.45) is 3.42. The van der Waals surface area contributed by atoms with Crippen molar-refractivity contribution in [3.8, 4) is 0 Å². The van der Waals surface area contributed by atoms with Gasteiger partial charge in [-0.3, -0.25) is 0 Å². The van der Waals surface area contributed by atoms with Crippen LogP contribution in [-0.4, -0.2) is 31.1 Å². The number of hydrogen-bond donors (Lipinski definition) is 1. The predicted octanol–water partition coefficient (Wildman–Crippen LogP) is -3.14. The van der Waals surface area contributed by atoms with E-state index in [0.717, 1.165) is 13.1 Å². The van der Waals surface area contributed by atoms with Crippen LogP contribution in [0.15, 0.2) is 0 Å². The van der Waals surface area contributed by atoms with Crippen molar-refractivity contribution in [2.45, 2.75) is 12.5 Å². The van der Waals surface area contributed by atoms with E-state index >= 15 is 0 Å². The quantitative estimate of drug-likeness (QED) is 0.478. The van der Waals surface area contributed by atoms with Crippen LogP contribution in [0.1, 0.15) is 6.42 Å². The Morgan fingerprint density at radius 3 is 3.22 bits per heavy atom. The zero-order valence-corrected chi connectivity index (χ0v) is 11.1. The molecule has 2 nitrogen and oxygen atoms in total. The smallest absolute Gasteiger partial charge is 0.334 e. The van der Waals surface area contributed by atoms with Gasteiger partial charge in [-0.25, -0.2) is 0 Å². The minimum absolute atomic E-state index is 0.